The zero-order valence-electron chi connectivity index (χ0n) is 10.5. The summed E-state index contributed by atoms with van der Waals surface area (Å²) < 4.78 is 4.99. The van der Waals surface area contributed by atoms with Crippen LogP contribution in [0.25, 0.3) is 0 Å². The third-order valence-electron chi connectivity index (χ3n) is 4.09. The molecule has 0 aliphatic heterocycles. The van der Waals surface area contributed by atoms with Gasteiger partial charge in [0.25, 0.3) is 0 Å². The zero-order valence-corrected chi connectivity index (χ0v) is 11.3. The quantitative estimate of drug-likeness (QED) is 0.566. The number of rotatable bonds is 2. The standard InChI is InChI=1S/C13H17N3O2S/c17-12(11-2-1-5-18-11)15-16-13(19)14-10-7-8-3-4-9(10)6-8/h1-2,5,8-10H,3-4,6-7H2,(H,15,17)(H2,14,16,19)/t8-,9+,10-/m0/s1. The summed E-state index contributed by atoms with van der Waals surface area (Å²) in [6.45, 7) is 0. The molecule has 19 heavy (non-hydrogen) atoms. The molecule has 2 aliphatic rings. The molecule has 6 heteroatoms. The molecule has 0 spiro atoms. The van der Waals surface area contributed by atoms with Crippen molar-refractivity contribution in [2.24, 2.45) is 11.8 Å². The van der Waals surface area contributed by atoms with Gasteiger partial charge in [0, 0.05) is 6.04 Å². The number of thiocarbonyl (C=S) groups is 1. The third kappa shape index (κ3) is 2.73. The minimum absolute atomic E-state index is 0.259. The van der Waals surface area contributed by atoms with E-state index in [4.69, 9.17) is 16.6 Å². The van der Waals surface area contributed by atoms with Gasteiger partial charge in [-0.05, 0) is 55.4 Å². The number of carbonyl (C=O) groups is 1. The summed E-state index contributed by atoms with van der Waals surface area (Å²) in [5, 5.41) is 3.76. The van der Waals surface area contributed by atoms with Crippen LogP contribution in [-0.2, 0) is 0 Å². The molecule has 2 aliphatic carbocycles. The molecule has 1 amide bonds. The maximum atomic E-state index is 11.6. The molecule has 1 aromatic heterocycles. The maximum Gasteiger partial charge on any atom is 0.305 e. The van der Waals surface area contributed by atoms with Gasteiger partial charge in [0.2, 0.25) is 0 Å². The topological polar surface area (TPSA) is 66.3 Å². The smallest absolute Gasteiger partial charge is 0.305 e. The molecule has 3 rings (SSSR count). The second-order valence-corrected chi connectivity index (χ2v) is 5.72. The Morgan fingerprint density at radius 3 is 2.84 bits per heavy atom. The Morgan fingerprint density at radius 2 is 2.21 bits per heavy atom. The second kappa shape index (κ2) is 5.21. The van der Waals surface area contributed by atoms with Crippen molar-refractivity contribution >= 4 is 23.2 Å². The van der Waals surface area contributed by atoms with Crippen LogP contribution >= 0.6 is 12.2 Å². The summed E-state index contributed by atoms with van der Waals surface area (Å²) in [5.41, 5.74) is 5.23. The monoisotopic (exact) mass is 279 g/mol. The Balaban J connectivity index is 1.43. The fourth-order valence-corrected chi connectivity index (χ4v) is 3.41. The first-order valence-electron chi connectivity index (χ1n) is 6.62. The Kier molecular flexibility index (Phi) is 3.42. The van der Waals surface area contributed by atoms with E-state index in [1.54, 1.807) is 12.1 Å². The second-order valence-electron chi connectivity index (χ2n) is 5.31. The Labute approximate surface area is 117 Å². The summed E-state index contributed by atoms with van der Waals surface area (Å²) in [6.07, 6.45) is 6.63. The van der Waals surface area contributed by atoms with Gasteiger partial charge < -0.3 is 9.73 Å². The van der Waals surface area contributed by atoms with Crippen LogP contribution in [0.5, 0.6) is 0 Å². The van der Waals surface area contributed by atoms with Gasteiger partial charge in [0.05, 0.1) is 6.26 Å². The number of nitrogens with one attached hydrogen (secondary N) is 3. The van der Waals surface area contributed by atoms with Crippen molar-refractivity contribution < 1.29 is 9.21 Å². The van der Waals surface area contributed by atoms with Crippen molar-refractivity contribution in [2.75, 3.05) is 0 Å². The molecule has 0 unspecified atom stereocenters. The van der Waals surface area contributed by atoms with Crippen LogP contribution in [0.3, 0.4) is 0 Å². The van der Waals surface area contributed by atoms with Gasteiger partial charge in [-0.2, -0.15) is 0 Å². The number of fused-ring (bicyclic) bond motifs is 2. The zero-order chi connectivity index (χ0) is 13.2. The number of hydrogen-bond acceptors (Lipinski definition) is 3. The molecule has 3 atom stereocenters. The molecule has 2 saturated carbocycles. The molecule has 5 nitrogen and oxygen atoms in total. The minimum Gasteiger partial charge on any atom is -0.459 e. The highest BCUT2D eigenvalue weighted by atomic mass is 32.1. The lowest BCUT2D eigenvalue weighted by atomic mass is 9.96. The van der Waals surface area contributed by atoms with Gasteiger partial charge in [0.1, 0.15) is 0 Å². The SMILES string of the molecule is O=C(NNC(=S)N[C@H]1C[C@H]2CC[C@@H]1C2)c1ccco1. The number of hydrazine groups is 1. The van der Waals surface area contributed by atoms with Gasteiger partial charge in [-0.1, -0.05) is 6.42 Å². The molecule has 1 aromatic rings. The first-order chi connectivity index (χ1) is 9.22. The summed E-state index contributed by atoms with van der Waals surface area (Å²) in [4.78, 5) is 11.6. The van der Waals surface area contributed by atoms with E-state index in [-0.39, 0.29) is 11.7 Å². The maximum absolute atomic E-state index is 11.6. The number of amides is 1. The largest absolute Gasteiger partial charge is 0.459 e. The highest BCUT2D eigenvalue weighted by Crippen LogP contribution is 2.44. The van der Waals surface area contributed by atoms with E-state index in [9.17, 15) is 4.79 Å². The average molecular weight is 279 g/mol. The summed E-state index contributed by atoms with van der Waals surface area (Å²) in [6, 6.07) is 3.73. The van der Waals surface area contributed by atoms with Crippen molar-refractivity contribution in [3.05, 3.63) is 24.2 Å². The molecular weight excluding hydrogens is 262 g/mol. The Morgan fingerprint density at radius 1 is 1.32 bits per heavy atom. The first kappa shape index (κ1) is 12.5. The molecule has 102 valence electrons. The summed E-state index contributed by atoms with van der Waals surface area (Å²) in [7, 11) is 0. The van der Waals surface area contributed by atoms with Gasteiger partial charge >= 0.3 is 5.91 Å². The molecule has 0 radical (unpaired) electrons. The van der Waals surface area contributed by atoms with E-state index in [2.05, 4.69) is 16.2 Å². The van der Waals surface area contributed by atoms with E-state index in [1.807, 2.05) is 0 Å². The lowest BCUT2D eigenvalue weighted by molar-refractivity contribution is 0.0915. The number of furan rings is 1. The van der Waals surface area contributed by atoms with Crippen molar-refractivity contribution in [3.8, 4) is 0 Å². The summed E-state index contributed by atoms with van der Waals surface area (Å²) >= 11 is 5.19. The van der Waals surface area contributed by atoms with E-state index in [0.717, 1.165) is 11.8 Å². The minimum atomic E-state index is -0.331. The first-order valence-corrected chi connectivity index (χ1v) is 7.03. The lowest BCUT2D eigenvalue weighted by Crippen LogP contribution is -2.50. The fraction of sp³-hybridized carbons (Fsp3) is 0.538. The Hall–Kier alpha value is -1.56. The molecule has 2 bridgehead atoms. The normalized spacial score (nSPS) is 28.1. The van der Waals surface area contributed by atoms with Crippen LogP contribution in [0.2, 0.25) is 0 Å². The van der Waals surface area contributed by atoms with Crippen LogP contribution in [0.15, 0.2) is 22.8 Å². The molecule has 2 fully saturated rings. The van der Waals surface area contributed by atoms with Crippen LogP contribution in [0.4, 0.5) is 0 Å². The molecule has 0 saturated heterocycles. The molecule has 3 N–H and O–H groups in total. The molecule has 1 heterocycles. The third-order valence-corrected chi connectivity index (χ3v) is 4.31. The van der Waals surface area contributed by atoms with Gasteiger partial charge in [-0.15, -0.1) is 0 Å². The predicted molar refractivity (Wildman–Crippen MR) is 74.3 cm³/mol. The average Bonchev–Trinajstić information content (AvgIpc) is 3.12. The van der Waals surface area contributed by atoms with Crippen molar-refractivity contribution in [3.63, 3.8) is 0 Å². The van der Waals surface area contributed by atoms with Crippen molar-refractivity contribution in [2.45, 2.75) is 31.7 Å². The van der Waals surface area contributed by atoms with Gasteiger partial charge in [-0.3, -0.25) is 15.6 Å². The van der Waals surface area contributed by atoms with Crippen molar-refractivity contribution in [1.82, 2.24) is 16.2 Å². The Bertz CT molecular complexity index is 474. The fourth-order valence-electron chi connectivity index (χ4n) is 3.21. The van der Waals surface area contributed by atoms with Crippen LogP contribution < -0.4 is 16.2 Å². The van der Waals surface area contributed by atoms with E-state index in [1.165, 1.54) is 31.9 Å². The van der Waals surface area contributed by atoms with E-state index >= 15 is 0 Å². The highest BCUT2D eigenvalue weighted by molar-refractivity contribution is 7.80. The van der Waals surface area contributed by atoms with E-state index in [0.29, 0.717) is 11.2 Å². The van der Waals surface area contributed by atoms with Crippen LogP contribution in [0.1, 0.15) is 36.2 Å². The van der Waals surface area contributed by atoms with Gasteiger partial charge in [0.15, 0.2) is 10.9 Å². The van der Waals surface area contributed by atoms with E-state index < -0.39 is 0 Å². The lowest BCUT2D eigenvalue weighted by Gasteiger charge is -2.24. The predicted octanol–water partition coefficient (Wildman–Crippen LogP) is 1.58. The molecular formula is C13H17N3O2S. The van der Waals surface area contributed by atoms with Crippen LogP contribution in [-0.4, -0.2) is 17.1 Å². The van der Waals surface area contributed by atoms with Crippen molar-refractivity contribution in [1.29, 1.82) is 0 Å². The van der Waals surface area contributed by atoms with Gasteiger partial charge in [-0.25, -0.2) is 0 Å². The molecule has 0 aromatic carbocycles. The van der Waals surface area contributed by atoms with Crippen LogP contribution in [0, 0.1) is 11.8 Å². The number of carbonyl (C=O) groups excluding carboxylic acids is 1. The number of hydrogen-bond donors (Lipinski definition) is 3. The highest BCUT2D eigenvalue weighted by Gasteiger charge is 2.39. The summed E-state index contributed by atoms with van der Waals surface area (Å²) in [5.74, 6) is 1.53.